The lowest BCUT2D eigenvalue weighted by atomic mass is 10.1. The first-order valence-electron chi connectivity index (χ1n) is 11.8. The molecule has 2 heterocycles. The molecule has 3 aromatic rings. The predicted octanol–water partition coefficient (Wildman–Crippen LogP) is 1.26. The van der Waals surface area contributed by atoms with Gasteiger partial charge in [0.1, 0.15) is 11.5 Å². The Hall–Kier alpha value is -3.85. The average Bonchev–Trinajstić information content (AvgIpc) is 2.84. The van der Waals surface area contributed by atoms with Crippen LogP contribution in [0.3, 0.4) is 0 Å². The molecule has 184 valence electrons. The number of amides is 1. The van der Waals surface area contributed by atoms with Crippen LogP contribution in [0.25, 0.3) is 0 Å². The van der Waals surface area contributed by atoms with Crippen LogP contribution in [0.15, 0.2) is 64.2 Å². The van der Waals surface area contributed by atoms with Crippen molar-refractivity contribution in [2.45, 2.75) is 20.0 Å². The third kappa shape index (κ3) is 5.63. The van der Waals surface area contributed by atoms with E-state index in [0.29, 0.717) is 13.1 Å². The van der Waals surface area contributed by atoms with Crippen molar-refractivity contribution in [3.63, 3.8) is 0 Å². The molecule has 1 saturated heterocycles. The Morgan fingerprint density at radius 1 is 0.971 bits per heavy atom. The molecule has 0 atom stereocenters. The SMILES string of the molecule is Cc1ccccc1CN1CCN(C(=O)CN(C)c2c(N)n(Cc3ccccc3)c(=O)[nH]c2=O)CC1. The van der Waals surface area contributed by atoms with Gasteiger partial charge in [-0.3, -0.25) is 24.0 Å². The lowest BCUT2D eigenvalue weighted by Gasteiger charge is -2.36. The number of aryl methyl sites for hydroxylation is 1. The second kappa shape index (κ2) is 10.6. The molecule has 4 rings (SSSR count). The Labute approximate surface area is 204 Å². The Bertz CT molecular complexity index is 1290. The highest BCUT2D eigenvalue weighted by Crippen LogP contribution is 2.17. The van der Waals surface area contributed by atoms with Gasteiger partial charge >= 0.3 is 5.69 Å². The molecule has 1 amide bonds. The van der Waals surface area contributed by atoms with E-state index in [-0.39, 0.29) is 30.5 Å². The average molecular weight is 477 g/mol. The third-order valence-corrected chi connectivity index (χ3v) is 6.53. The van der Waals surface area contributed by atoms with Crippen molar-refractivity contribution in [3.05, 3.63) is 92.1 Å². The number of likely N-dealkylation sites (N-methyl/N-ethyl adjacent to an activating group) is 1. The smallest absolute Gasteiger partial charge is 0.330 e. The quantitative estimate of drug-likeness (QED) is 0.532. The predicted molar refractivity (Wildman–Crippen MR) is 138 cm³/mol. The number of aromatic nitrogens is 2. The molecule has 0 radical (unpaired) electrons. The number of carbonyl (C=O) groups excluding carboxylic acids is 1. The van der Waals surface area contributed by atoms with Gasteiger partial charge in [-0.25, -0.2) is 4.79 Å². The molecule has 35 heavy (non-hydrogen) atoms. The van der Waals surface area contributed by atoms with Gasteiger partial charge in [0.2, 0.25) is 5.91 Å². The van der Waals surface area contributed by atoms with Gasteiger partial charge in [0.25, 0.3) is 5.56 Å². The van der Waals surface area contributed by atoms with Crippen LogP contribution in [0.1, 0.15) is 16.7 Å². The van der Waals surface area contributed by atoms with Crippen molar-refractivity contribution >= 4 is 17.4 Å². The van der Waals surface area contributed by atoms with Gasteiger partial charge in [0.05, 0.1) is 13.1 Å². The van der Waals surface area contributed by atoms with Gasteiger partial charge in [-0.15, -0.1) is 0 Å². The van der Waals surface area contributed by atoms with Crippen LogP contribution in [-0.4, -0.2) is 65.0 Å². The number of benzene rings is 2. The summed E-state index contributed by atoms with van der Waals surface area (Å²) in [6.07, 6.45) is 0. The van der Waals surface area contributed by atoms with Gasteiger partial charge in [-0.2, -0.15) is 0 Å². The molecule has 0 spiro atoms. The lowest BCUT2D eigenvalue weighted by molar-refractivity contribution is -0.131. The molecule has 0 unspecified atom stereocenters. The summed E-state index contributed by atoms with van der Waals surface area (Å²) < 4.78 is 1.32. The van der Waals surface area contributed by atoms with Crippen LogP contribution in [0.2, 0.25) is 0 Å². The molecule has 1 aliphatic heterocycles. The molecular formula is C26H32N6O3. The molecule has 1 aliphatic rings. The first kappa shape index (κ1) is 24.3. The van der Waals surface area contributed by atoms with Gasteiger partial charge < -0.3 is 15.5 Å². The van der Waals surface area contributed by atoms with Crippen LogP contribution >= 0.6 is 0 Å². The van der Waals surface area contributed by atoms with E-state index in [4.69, 9.17) is 5.73 Å². The number of carbonyl (C=O) groups is 1. The van der Waals surface area contributed by atoms with Gasteiger partial charge in [-0.1, -0.05) is 54.6 Å². The van der Waals surface area contributed by atoms with E-state index in [1.54, 1.807) is 7.05 Å². The molecule has 9 nitrogen and oxygen atoms in total. The normalized spacial score (nSPS) is 14.2. The number of nitrogen functional groups attached to an aromatic ring is 1. The highest BCUT2D eigenvalue weighted by Gasteiger charge is 2.24. The topological polar surface area (TPSA) is 108 Å². The second-order valence-corrected chi connectivity index (χ2v) is 9.00. The first-order chi connectivity index (χ1) is 16.8. The fourth-order valence-electron chi connectivity index (χ4n) is 4.43. The summed E-state index contributed by atoms with van der Waals surface area (Å²) in [6.45, 7) is 6.01. The maximum Gasteiger partial charge on any atom is 0.330 e. The van der Waals surface area contributed by atoms with Crippen LogP contribution in [0, 0.1) is 6.92 Å². The first-order valence-corrected chi connectivity index (χ1v) is 11.8. The molecule has 0 saturated carbocycles. The van der Waals surface area contributed by atoms with Crippen molar-refractivity contribution in [1.82, 2.24) is 19.4 Å². The van der Waals surface area contributed by atoms with Crippen LogP contribution in [-0.2, 0) is 17.9 Å². The number of rotatable bonds is 7. The van der Waals surface area contributed by atoms with E-state index in [9.17, 15) is 14.4 Å². The summed E-state index contributed by atoms with van der Waals surface area (Å²) in [5, 5.41) is 0. The highest BCUT2D eigenvalue weighted by atomic mass is 16.2. The number of anilines is 2. The number of nitrogens with one attached hydrogen (secondary N) is 1. The number of piperazine rings is 1. The minimum atomic E-state index is -0.602. The second-order valence-electron chi connectivity index (χ2n) is 9.00. The Morgan fingerprint density at radius 3 is 2.31 bits per heavy atom. The third-order valence-electron chi connectivity index (χ3n) is 6.53. The molecule has 1 fully saturated rings. The van der Waals surface area contributed by atoms with E-state index < -0.39 is 11.2 Å². The summed E-state index contributed by atoms with van der Waals surface area (Å²) in [5.74, 6) is -0.0383. The maximum absolute atomic E-state index is 13.0. The van der Waals surface area contributed by atoms with E-state index in [1.165, 1.54) is 20.6 Å². The summed E-state index contributed by atoms with van der Waals surface area (Å²) in [6, 6.07) is 17.7. The van der Waals surface area contributed by atoms with E-state index in [1.807, 2.05) is 47.4 Å². The Kier molecular flexibility index (Phi) is 7.36. The number of aromatic amines is 1. The van der Waals surface area contributed by atoms with Gasteiger partial charge in [0.15, 0.2) is 0 Å². The summed E-state index contributed by atoms with van der Waals surface area (Å²) in [5.41, 5.74) is 8.64. The Morgan fingerprint density at radius 2 is 1.63 bits per heavy atom. The molecular weight excluding hydrogens is 444 g/mol. The van der Waals surface area contributed by atoms with Crippen molar-refractivity contribution < 1.29 is 4.79 Å². The van der Waals surface area contributed by atoms with Crippen molar-refractivity contribution in [2.75, 3.05) is 50.4 Å². The van der Waals surface area contributed by atoms with Gasteiger partial charge in [0, 0.05) is 39.8 Å². The molecule has 0 aliphatic carbocycles. The number of nitrogens with zero attached hydrogens (tertiary/aromatic N) is 4. The van der Waals surface area contributed by atoms with E-state index >= 15 is 0 Å². The summed E-state index contributed by atoms with van der Waals surface area (Å²) >= 11 is 0. The van der Waals surface area contributed by atoms with Crippen molar-refractivity contribution in [2.24, 2.45) is 0 Å². The van der Waals surface area contributed by atoms with E-state index in [0.717, 1.165) is 25.2 Å². The minimum absolute atomic E-state index is 0.00534. The number of hydrogen-bond donors (Lipinski definition) is 2. The molecule has 3 N–H and O–H groups in total. The van der Waals surface area contributed by atoms with Crippen LogP contribution in [0.5, 0.6) is 0 Å². The molecule has 2 aromatic carbocycles. The number of hydrogen-bond acceptors (Lipinski definition) is 6. The zero-order valence-corrected chi connectivity index (χ0v) is 20.2. The number of H-pyrrole nitrogens is 1. The molecule has 9 heteroatoms. The highest BCUT2D eigenvalue weighted by molar-refractivity contribution is 5.82. The fraction of sp³-hybridized carbons (Fsp3) is 0.346. The standard InChI is InChI=1S/C26H32N6O3/c1-19-8-6-7-11-21(19)17-30-12-14-31(15-13-30)22(33)18-29(2)23-24(27)32(26(35)28-25(23)34)16-20-9-4-3-5-10-20/h3-11H,12-18,27H2,1-2H3,(H,28,34,35). The monoisotopic (exact) mass is 476 g/mol. The Balaban J connectivity index is 1.40. The zero-order valence-electron chi connectivity index (χ0n) is 20.2. The molecule has 1 aromatic heterocycles. The van der Waals surface area contributed by atoms with E-state index in [2.05, 4.69) is 28.9 Å². The van der Waals surface area contributed by atoms with Crippen molar-refractivity contribution in [3.8, 4) is 0 Å². The summed E-state index contributed by atoms with van der Waals surface area (Å²) in [4.78, 5) is 46.0. The number of nitrogens with two attached hydrogens (primary N) is 1. The van der Waals surface area contributed by atoms with Crippen molar-refractivity contribution in [1.29, 1.82) is 0 Å². The fourth-order valence-corrected chi connectivity index (χ4v) is 4.43. The minimum Gasteiger partial charge on any atom is -0.383 e. The maximum atomic E-state index is 13.0. The largest absolute Gasteiger partial charge is 0.383 e. The zero-order chi connectivity index (χ0) is 24.9. The van der Waals surface area contributed by atoms with Crippen LogP contribution < -0.4 is 21.9 Å². The lowest BCUT2D eigenvalue weighted by Crippen LogP contribution is -2.51. The summed E-state index contributed by atoms with van der Waals surface area (Å²) in [7, 11) is 1.64. The molecule has 0 bridgehead atoms. The van der Waals surface area contributed by atoms with Crippen LogP contribution in [0.4, 0.5) is 11.5 Å². The van der Waals surface area contributed by atoms with Gasteiger partial charge in [-0.05, 0) is 23.6 Å².